The molecule has 5 nitrogen and oxygen atoms in total. The van der Waals surface area contributed by atoms with Crippen molar-refractivity contribution in [1.29, 1.82) is 0 Å². The lowest BCUT2D eigenvalue weighted by molar-refractivity contribution is -0.157. The number of methoxy groups -OCH3 is 1. The smallest absolute Gasteiger partial charge is 0.310 e. The lowest BCUT2D eigenvalue weighted by atomic mass is 9.65. The summed E-state index contributed by atoms with van der Waals surface area (Å²) in [5.74, 6) is -0.938. The molecule has 2 N–H and O–H groups in total. The Morgan fingerprint density at radius 1 is 1.20 bits per heavy atom. The first-order valence-electron chi connectivity index (χ1n) is 7.51. The fourth-order valence-electron chi connectivity index (χ4n) is 3.24. The normalized spacial score (nSPS) is 22.4. The molecule has 0 aliphatic heterocycles. The van der Waals surface area contributed by atoms with Crippen LogP contribution in [0, 0.1) is 10.8 Å². The van der Waals surface area contributed by atoms with Gasteiger partial charge in [0.25, 0.3) is 0 Å². The highest BCUT2D eigenvalue weighted by Gasteiger charge is 2.46. The summed E-state index contributed by atoms with van der Waals surface area (Å²) in [4.78, 5) is 23.3. The van der Waals surface area contributed by atoms with Crippen LogP contribution in [0.15, 0.2) is 0 Å². The van der Waals surface area contributed by atoms with Crippen molar-refractivity contribution in [3.8, 4) is 0 Å². The molecular weight excluding hydrogens is 258 g/mol. The molecule has 0 saturated heterocycles. The molecule has 2 rings (SSSR count). The molecule has 5 heteroatoms. The fraction of sp³-hybridized carbons (Fsp3) is 0.867. The van der Waals surface area contributed by atoms with E-state index >= 15 is 0 Å². The number of amides is 1. The van der Waals surface area contributed by atoms with Crippen LogP contribution in [0.2, 0.25) is 0 Å². The molecule has 2 fully saturated rings. The van der Waals surface area contributed by atoms with Crippen molar-refractivity contribution >= 4 is 11.9 Å². The highest BCUT2D eigenvalue weighted by atomic mass is 16.5. The molecule has 0 atom stereocenters. The van der Waals surface area contributed by atoms with Gasteiger partial charge in [-0.25, -0.2) is 0 Å². The second kappa shape index (κ2) is 6.12. The van der Waals surface area contributed by atoms with E-state index in [-0.39, 0.29) is 17.7 Å². The maximum Gasteiger partial charge on any atom is 0.310 e. The number of hydrogen-bond donors (Lipinski definition) is 2. The zero-order valence-electron chi connectivity index (χ0n) is 12.2. The summed E-state index contributed by atoms with van der Waals surface area (Å²) in [6.45, 7) is 1.37. The number of carbonyl (C=O) groups excluding carboxylic acids is 1. The van der Waals surface area contributed by atoms with E-state index in [0.29, 0.717) is 19.4 Å². The maximum atomic E-state index is 12.0. The first kappa shape index (κ1) is 15.3. The van der Waals surface area contributed by atoms with E-state index in [1.807, 2.05) is 0 Å². The van der Waals surface area contributed by atoms with Crippen LogP contribution in [0.25, 0.3) is 0 Å². The van der Waals surface area contributed by atoms with Crippen molar-refractivity contribution in [1.82, 2.24) is 5.32 Å². The van der Waals surface area contributed by atoms with Crippen molar-refractivity contribution in [2.24, 2.45) is 10.8 Å². The molecule has 2 aliphatic rings. The van der Waals surface area contributed by atoms with Gasteiger partial charge in [0, 0.05) is 26.7 Å². The first-order chi connectivity index (χ1) is 9.52. The average Bonchev–Trinajstić information content (AvgIpc) is 2.31. The number of nitrogens with one attached hydrogen (secondary N) is 1. The minimum absolute atomic E-state index is 0.115. The number of hydrogen-bond acceptors (Lipinski definition) is 3. The Morgan fingerprint density at radius 2 is 1.85 bits per heavy atom. The molecule has 20 heavy (non-hydrogen) atoms. The van der Waals surface area contributed by atoms with Gasteiger partial charge >= 0.3 is 5.97 Å². The van der Waals surface area contributed by atoms with E-state index in [2.05, 4.69) is 5.32 Å². The molecular formula is C15H25NO4. The van der Waals surface area contributed by atoms with Crippen molar-refractivity contribution in [3.05, 3.63) is 0 Å². The standard InChI is InChI=1S/C15H25NO4/c1-20-9-8-14(4-2-5-14)11-16-12(17)10-15(13(18)19)6-3-7-15/h2-11H2,1H3,(H,16,17)(H,18,19). The second-order valence-electron chi connectivity index (χ2n) is 6.49. The van der Waals surface area contributed by atoms with Crippen molar-refractivity contribution in [2.45, 2.75) is 51.4 Å². The topological polar surface area (TPSA) is 75.6 Å². The van der Waals surface area contributed by atoms with Crippen LogP contribution in [0.1, 0.15) is 51.4 Å². The Hall–Kier alpha value is -1.10. The molecule has 0 unspecified atom stereocenters. The SMILES string of the molecule is COCCC1(CNC(=O)CC2(C(=O)O)CCC2)CCC1. The number of carboxylic acid groups (broad SMARTS) is 1. The molecule has 0 heterocycles. The molecule has 0 aromatic carbocycles. The highest BCUT2D eigenvalue weighted by molar-refractivity contribution is 5.85. The zero-order chi connectivity index (χ0) is 14.6. The summed E-state index contributed by atoms with van der Waals surface area (Å²) in [6.07, 6.45) is 6.73. The van der Waals surface area contributed by atoms with Gasteiger partial charge in [0.2, 0.25) is 5.91 Å². The minimum atomic E-state index is -0.823. The van der Waals surface area contributed by atoms with Gasteiger partial charge in [-0.15, -0.1) is 0 Å². The summed E-state index contributed by atoms with van der Waals surface area (Å²) in [5, 5.41) is 12.2. The van der Waals surface area contributed by atoms with E-state index in [4.69, 9.17) is 4.74 Å². The van der Waals surface area contributed by atoms with E-state index < -0.39 is 11.4 Å². The minimum Gasteiger partial charge on any atom is -0.481 e. The number of carboxylic acids is 1. The third-order valence-electron chi connectivity index (χ3n) is 5.17. The maximum absolute atomic E-state index is 12.0. The van der Waals surface area contributed by atoms with Gasteiger partial charge < -0.3 is 15.2 Å². The largest absolute Gasteiger partial charge is 0.481 e. The Balaban J connectivity index is 1.78. The Labute approximate surface area is 120 Å². The first-order valence-corrected chi connectivity index (χ1v) is 7.51. The van der Waals surface area contributed by atoms with Gasteiger partial charge in [-0.05, 0) is 37.5 Å². The summed E-state index contributed by atoms with van der Waals surface area (Å²) in [6, 6.07) is 0. The molecule has 1 amide bonds. The van der Waals surface area contributed by atoms with Gasteiger partial charge in [0.15, 0.2) is 0 Å². The predicted molar refractivity (Wildman–Crippen MR) is 74.3 cm³/mol. The fourth-order valence-corrected chi connectivity index (χ4v) is 3.24. The summed E-state index contributed by atoms with van der Waals surface area (Å²) in [5.41, 5.74) is -0.606. The van der Waals surface area contributed by atoms with Crippen LogP contribution in [0.3, 0.4) is 0 Å². The number of ether oxygens (including phenoxy) is 1. The van der Waals surface area contributed by atoms with Crippen LogP contribution < -0.4 is 5.32 Å². The molecule has 0 radical (unpaired) electrons. The van der Waals surface area contributed by atoms with Crippen LogP contribution in [-0.2, 0) is 14.3 Å². The highest BCUT2D eigenvalue weighted by Crippen LogP contribution is 2.45. The van der Waals surface area contributed by atoms with E-state index in [1.165, 1.54) is 6.42 Å². The Kier molecular flexibility index (Phi) is 4.68. The summed E-state index contributed by atoms with van der Waals surface area (Å²) >= 11 is 0. The third-order valence-corrected chi connectivity index (χ3v) is 5.17. The van der Waals surface area contributed by atoms with Gasteiger partial charge in [-0.2, -0.15) is 0 Å². The molecule has 2 aliphatic carbocycles. The third kappa shape index (κ3) is 3.14. The van der Waals surface area contributed by atoms with E-state index in [1.54, 1.807) is 7.11 Å². The van der Waals surface area contributed by atoms with Crippen molar-refractivity contribution < 1.29 is 19.4 Å². The quantitative estimate of drug-likeness (QED) is 0.714. The Bertz CT molecular complexity index is 372. The Morgan fingerprint density at radius 3 is 2.25 bits per heavy atom. The molecule has 2 saturated carbocycles. The van der Waals surface area contributed by atoms with Gasteiger partial charge in [-0.1, -0.05) is 12.8 Å². The second-order valence-corrected chi connectivity index (χ2v) is 6.49. The molecule has 0 aromatic rings. The molecule has 0 spiro atoms. The monoisotopic (exact) mass is 283 g/mol. The zero-order valence-corrected chi connectivity index (χ0v) is 12.2. The van der Waals surface area contributed by atoms with E-state index in [9.17, 15) is 14.7 Å². The van der Waals surface area contributed by atoms with Crippen LogP contribution in [0.5, 0.6) is 0 Å². The number of aliphatic carboxylic acids is 1. The van der Waals surface area contributed by atoms with Crippen molar-refractivity contribution in [2.75, 3.05) is 20.3 Å². The molecule has 114 valence electrons. The lowest BCUT2D eigenvalue weighted by Gasteiger charge is -2.42. The van der Waals surface area contributed by atoms with Gasteiger partial charge in [0.1, 0.15) is 0 Å². The van der Waals surface area contributed by atoms with Crippen LogP contribution >= 0.6 is 0 Å². The van der Waals surface area contributed by atoms with Gasteiger partial charge in [-0.3, -0.25) is 9.59 Å². The number of rotatable bonds is 8. The molecule has 0 aromatic heterocycles. The van der Waals surface area contributed by atoms with E-state index in [0.717, 1.165) is 32.3 Å². The van der Waals surface area contributed by atoms with Crippen molar-refractivity contribution in [3.63, 3.8) is 0 Å². The van der Waals surface area contributed by atoms with Gasteiger partial charge in [0.05, 0.1) is 5.41 Å². The average molecular weight is 283 g/mol. The molecule has 0 bridgehead atoms. The summed E-state index contributed by atoms with van der Waals surface area (Å²) < 4.78 is 5.13. The predicted octanol–water partition coefficient (Wildman–Crippen LogP) is 1.95. The van der Waals surface area contributed by atoms with Crippen LogP contribution in [0.4, 0.5) is 0 Å². The number of carbonyl (C=O) groups is 2. The summed E-state index contributed by atoms with van der Waals surface area (Å²) in [7, 11) is 1.69. The lowest BCUT2D eigenvalue weighted by Crippen LogP contribution is -2.46. The van der Waals surface area contributed by atoms with Crippen LogP contribution in [-0.4, -0.2) is 37.2 Å².